The van der Waals surface area contributed by atoms with Gasteiger partial charge in [-0.05, 0) is 62.5 Å². The molecule has 3 nitrogen and oxygen atoms in total. The van der Waals surface area contributed by atoms with Crippen molar-refractivity contribution in [2.24, 2.45) is 5.92 Å². The second-order valence-electron chi connectivity index (χ2n) is 6.66. The molecule has 3 heteroatoms. The number of carboxylic acid groups (broad SMARTS) is 1. The fourth-order valence-electron chi connectivity index (χ4n) is 3.30. The summed E-state index contributed by atoms with van der Waals surface area (Å²) in [5.41, 5.74) is 2.30. The number of allylic oxidation sites excluding steroid dienone is 2. The molecule has 0 heterocycles. The summed E-state index contributed by atoms with van der Waals surface area (Å²) >= 11 is 0. The monoisotopic (exact) mass is 327 g/mol. The van der Waals surface area contributed by atoms with Crippen LogP contribution in [0.4, 0.5) is 0 Å². The average molecular weight is 327 g/mol. The molecule has 0 radical (unpaired) electrons. The van der Waals surface area contributed by atoms with E-state index < -0.39 is 12.1 Å². The van der Waals surface area contributed by atoms with Gasteiger partial charge < -0.3 is 15.0 Å². The van der Waals surface area contributed by atoms with Crippen LogP contribution in [0.25, 0.3) is 0 Å². The zero-order valence-corrected chi connectivity index (χ0v) is 14.2. The highest BCUT2D eigenvalue weighted by Gasteiger charge is 2.14. The van der Waals surface area contributed by atoms with Crippen LogP contribution in [-0.2, 0) is 11.2 Å². The minimum atomic E-state index is -1.10. The predicted molar refractivity (Wildman–Crippen MR) is 94.2 cm³/mol. The van der Waals surface area contributed by atoms with E-state index in [0.717, 1.165) is 56.9 Å². The summed E-state index contributed by atoms with van der Waals surface area (Å²) in [4.78, 5) is 10.6. The zero-order chi connectivity index (χ0) is 17.2. The number of aliphatic carboxylic acids is 1. The largest absolute Gasteiger partial charge is 0.545 e. The van der Waals surface area contributed by atoms with Crippen molar-refractivity contribution in [3.8, 4) is 0 Å². The summed E-state index contributed by atoms with van der Waals surface area (Å²) in [7, 11) is 0. The van der Waals surface area contributed by atoms with E-state index in [2.05, 4.69) is 30.3 Å². The quantitative estimate of drug-likeness (QED) is 0.453. The molecule has 1 aromatic rings. The van der Waals surface area contributed by atoms with Crippen molar-refractivity contribution in [2.45, 2.75) is 57.5 Å². The van der Waals surface area contributed by atoms with Gasteiger partial charge in [0.05, 0.1) is 12.1 Å². The van der Waals surface area contributed by atoms with Crippen LogP contribution < -0.4 is 5.11 Å². The molecular formula is C21H27O3-. The Morgan fingerprint density at radius 1 is 1.29 bits per heavy atom. The number of benzene rings is 1. The summed E-state index contributed by atoms with van der Waals surface area (Å²) < 4.78 is 0. The molecular weight excluding hydrogens is 300 g/mol. The molecule has 0 aliphatic heterocycles. The molecule has 0 aromatic heterocycles. The van der Waals surface area contributed by atoms with Crippen molar-refractivity contribution in [1.29, 1.82) is 0 Å². The number of carbonyl (C=O) groups excluding carboxylic acids is 1. The lowest BCUT2D eigenvalue weighted by Gasteiger charge is -2.22. The van der Waals surface area contributed by atoms with Gasteiger partial charge in [-0.2, -0.15) is 0 Å². The molecule has 0 bridgehead atoms. The first-order valence-corrected chi connectivity index (χ1v) is 8.94. The van der Waals surface area contributed by atoms with Gasteiger partial charge in [-0.1, -0.05) is 54.5 Å². The minimum Gasteiger partial charge on any atom is -0.545 e. The Hall–Kier alpha value is -1.87. The average Bonchev–Trinajstić information content (AvgIpc) is 2.58. The molecule has 0 saturated heterocycles. The summed E-state index contributed by atoms with van der Waals surface area (Å²) in [6.45, 7) is 0. The van der Waals surface area contributed by atoms with Crippen molar-refractivity contribution < 1.29 is 15.0 Å². The Balaban J connectivity index is 1.67. The van der Waals surface area contributed by atoms with Gasteiger partial charge in [0, 0.05) is 0 Å². The van der Waals surface area contributed by atoms with E-state index in [1.165, 1.54) is 11.6 Å². The Morgan fingerprint density at radius 2 is 2.08 bits per heavy atom. The van der Waals surface area contributed by atoms with Crippen molar-refractivity contribution >= 4 is 5.97 Å². The maximum absolute atomic E-state index is 10.6. The van der Waals surface area contributed by atoms with E-state index >= 15 is 0 Å². The van der Waals surface area contributed by atoms with Crippen LogP contribution in [0.1, 0.15) is 50.5 Å². The maximum Gasteiger partial charge on any atom is 0.0721 e. The summed E-state index contributed by atoms with van der Waals surface area (Å²) in [5.74, 6) is -0.767. The molecule has 1 aliphatic carbocycles. The molecule has 1 saturated carbocycles. The van der Waals surface area contributed by atoms with Crippen LogP contribution in [0, 0.1) is 5.92 Å². The highest BCUT2D eigenvalue weighted by atomic mass is 16.4. The number of unbranched alkanes of at least 4 members (excludes halogenated alkanes) is 1. The standard InChI is InChI=1S/C21H28O3/c22-20(12-5-4-9-17-7-2-1-3-8-17)14-13-18-10-6-11-19(15-18)16-21(23)24/h1-3,7-8,13-14,16,18,20,22H,4-6,9-12,15H2,(H,23,24)/p-1/b14-13-,19-16+/t18-,20?/m1/s1. The number of hydrogen-bond acceptors (Lipinski definition) is 3. The molecule has 1 N–H and O–H groups in total. The van der Waals surface area contributed by atoms with E-state index in [1.54, 1.807) is 0 Å². The van der Waals surface area contributed by atoms with Crippen LogP contribution in [0.5, 0.6) is 0 Å². The molecule has 0 spiro atoms. The molecule has 1 fully saturated rings. The number of carbonyl (C=O) groups is 1. The number of aliphatic hydroxyl groups excluding tert-OH is 1. The topological polar surface area (TPSA) is 60.4 Å². The highest BCUT2D eigenvalue weighted by molar-refractivity contribution is 5.78. The van der Waals surface area contributed by atoms with Gasteiger partial charge >= 0.3 is 0 Å². The molecule has 2 atom stereocenters. The van der Waals surface area contributed by atoms with Crippen molar-refractivity contribution in [3.05, 3.63) is 59.7 Å². The molecule has 130 valence electrons. The van der Waals surface area contributed by atoms with Gasteiger partial charge in [-0.25, -0.2) is 0 Å². The van der Waals surface area contributed by atoms with Crippen LogP contribution in [-0.4, -0.2) is 17.2 Å². The zero-order valence-electron chi connectivity index (χ0n) is 14.2. The van der Waals surface area contributed by atoms with Crippen molar-refractivity contribution in [3.63, 3.8) is 0 Å². The maximum atomic E-state index is 10.6. The molecule has 24 heavy (non-hydrogen) atoms. The Kier molecular flexibility index (Phi) is 7.76. The van der Waals surface area contributed by atoms with Crippen LogP contribution in [0.15, 0.2) is 54.1 Å². The van der Waals surface area contributed by atoms with Gasteiger partial charge in [0.15, 0.2) is 0 Å². The Labute approximate surface area is 144 Å². The minimum absolute atomic E-state index is 0.336. The number of carboxylic acids is 1. The van der Waals surface area contributed by atoms with Crippen LogP contribution in [0.3, 0.4) is 0 Å². The van der Waals surface area contributed by atoms with E-state index in [4.69, 9.17) is 0 Å². The van der Waals surface area contributed by atoms with Gasteiger partial charge in [0.25, 0.3) is 0 Å². The third-order valence-corrected chi connectivity index (χ3v) is 4.58. The number of aryl methyl sites for hydroxylation is 1. The lowest BCUT2D eigenvalue weighted by Crippen LogP contribution is -2.20. The van der Waals surface area contributed by atoms with Crippen molar-refractivity contribution in [1.82, 2.24) is 0 Å². The lowest BCUT2D eigenvalue weighted by molar-refractivity contribution is -0.297. The van der Waals surface area contributed by atoms with E-state index in [1.807, 2.05) is 12.1 Å². The van der Waals surface area contributed by atoms with Crippen molar-refractivity contribution in [2.75, 3.05) is 0 Å². The number of aliphatic hydroxyl groups is 1. The molecule has 2 rings (SSSR count). The van der Waals surface area contributed by atoms with Gasteiger partial charge in [0.1, 0.15) is 0 Å². The van der Waals surface area contributed by atoms with E-state index in [-0.39, 0.29) is 0 Å². The molecule has 1 aliphatic rings. The van der Waals surface area contributed by atoms with Gasteiger partial charge in [-0.3, -0.25) is 0 Å². The predicted octanol–water partition coefficient (Wildman–Crippen LogP) is 3.18. The number of rotatable bonds is 8. The van der Waals surface area contributed by atoms with E-state index in [0.29, 0.717) is 5.92 Å². The highest BCUT2D eigenvalue weighted by Crippen LogP contribution is 2.29. The van der Waals surface area contributed by atoms with Gasteiger partial charge in [-0.15, -0.1) is 0 Å². The molecule has 1 aromatic carbocycles. The summed E-state index contributed by atoms with van der Waals surface area (Å²) in [6, 6.07) is 10.4. The van der Waals surface area contributed by atoms with E-state index in [9.17, 15) is 15.0 Å². The molecule has 0 amide bonds. The van der Waals surface area contributed by atoms with Crippen LogP contribution in [0.2, 0.25) is 0 Å². The number of hydrogen-bond donors (Lipinski definition) is 1. The van der Waals surface area contributed by atoms with Crippen LogP contribution >= 0.6 is 0 Å². The first-order valence-electron chi connectivity index (χ1n) is 8.94. The first kappa shape index (κ1) is 18.5. The van der Waals surface area contributed by atoms with Gasteiger partial charge in [0.2, 0.25) is 0 Å². The lowest BCUT2D eigenvalue weighted by atomic mass is 9.85. The molecule has 1 unspecified atom stereocenters. The smallest absolute Gasteiger partial charge is 0.0721 e. The Bertz CT molecular complexity index is 560. The SMILES string of the molecule is O=C([O-])/C=C1\CCC[C@H](/C=C\C(O)CCCCc2ccccc2)C1. The first-order chi connectivity index (χ1) is 11.6. The third kappa shape index (κ3) is 7.14. The fraction of sp³-hybridized carbons (Fsp3) is 0.476. The normalized spacial score (nSPS) is 21.2. The Morgan fingerprint density at radius 3 is 2.83 bits per heavy atom. The second kappa shape index (κ2) is 10.1. The fourth-order valence-corrected chi connectivity index (χ4v) is 3.30. The second-order valence-corrected chi connectivity index (χ2v) is 6.66. The summed E-state index contributed by atoms with van der Waals surface area (Å²) in [5, 5.41) is 20.7. The third-order valence-electron chi connectivity index (χ3n) is 4.58. The summed E-state index contributed by atoms with van der Waals surface area (Å²) in [6.07, 6.45) is 12.4.